The number of aliphatic carboxylic acids is 1. The molecular weight excluding hydrogens is 434 g/mol. The predicted octanol–water partition coefficient (Wildman–Crippen LogP) is 2.70. The first-order chi connectivity index (χ1) is 16.2. The number of hydrogen-bond donors (Lipinski definition) is 1. The van der Waals surface area contributed by atoms with Gasteiger partial charge in [0.05, 0.1) is 23.6 Å². The second kappa shape index (κ2) is 7.68. The average molecular weight is 462 g/mol. The van der Waals surface area contributed by atoms with E-state index >= 15 is 0 Å². The minimum atomic E-state index is -1.84. The molecule has 1 aliphatic carbocycles. The van der Waals surface area contributed by atoms with Gasteiger partial charge >= 0.3 is 5.97 Å². The standard InChI is InChI=1S/C26H27N3O5/c1-26(25(33)34)20-19(23(31)28(24(20)32)18-7-5-4-6-8-18)21(29(26)22(30)16-9-10-16)15-11-13-17(14-12-15)27(2)3/h4-8,11-14,16,19-21H,9-10H2,1-3H3,(H,33,34). The predicted molar refractivity (Wildman–Crippen MR) is 125 cm³/mol. The van der Waals surface area contributed by atoms with E-state index in [9.17, 15) is 24.3 Å². The molecule has 3 fully saturated rings. The Bertz CT molecular complexity index is 1170. The maximum absolute atomic E-state index is 13.8. The first-order valence-electron chi connectivity index (χ1n) is 11.4. The second-order valence-corrected chi connectivity index (χ2v) is 9.72. The lowest BCUT2D eigenvalue weighted by atomic mass is 9.80. The fourth-order valence-corrected chi connectivity index (χ4v) is 5.49. The molecule has 8 nitrogen and oxygen atoms in total. The molecule has 8 heteroatoms. The molecule has 2 aromatic carbocycles. The number of nitrogens with zero attached hydrogens (tertiary/aromatic N) is 3. The van der Waals surface area contributed by atoms with Crippen LogP contribution in [0.1, 0.15) is 31.4 Å². The Kier molecular flexibility index (Phi) is 5.00. The molecule has 3 amide bonds. The van der Waals surface area contributed by atoms with Gasteiger partial charge in [0.2, 0.25) is 17.7 Å². The fraction of sp³-hybridized carbons (Fsp3) is 0.385. The third kappa shape index (κ3) is 3.04. The van der Waals surface area contributed by atoms with Gasteiger partial charge in [-0.15, -0.1) is 0 Å². The van der Waals surface area contributed by atoms with E-state index in [1.54, 1.807) is 30.3 Å². The van der Waals surface area contributed by atoms with E-state index in [-0.39, 0.29) is 11.8 Å². The van der Waals surface area contributed by atoms with Gasteiger partial charge in [-0.05, 0) is 49.6 Å². The van der Waals surface area contributed by atoms with Crippen molar-refractivity contribution >= 4 is 35.1 Å². The van der Waals surface area contributed by atoms with Gasteiger partial charge in [0.25, 0.3) is 0 Å². The molecule has 0 radical (unpaired) electrons. The molecule has 176 valence electrons. The first-order valence-corrected chi connectivity index (χ1v) is 11.4. The number of benzene rings is 2. The largest absolute Gasteiger partial charge is 0.479 e. The number of rotatable bonds is 5. The van der Waals surface area contributed by atoms with Gasteiger partial charge in [0.1, 0.15) is 0 Å². The van der Waals surface area contributed by atoms with Crippen LogP contribution in [0.4, 0.5) is 11.4 Å². The molecule has 5 rings (SSSR count). The maximum atomic E-state index is 13.8. The van der Waals surface area contributed by atoms with E-state index in [0.29, 0.717) is 24.1 Å². The molecule has 2 heterocycles. The molecule has 1 N–H and O–H groups in total. The summed E-state index contributed by atoms with van der Waals surface area (Å²) in [5.74, 6) is -5.06. The molecule has 2 aliphatic heterocycles. The van der Waals surface area contributed by atoms with E-state index in [1.165, 1.54) is 11.8 Å². The molecule has 0 bridgehead atoms. The molecule has 0 aromatic heterocycles. The zero-order valence-corrected chi connectivity index (χ0v) is 19.3. The van der Waals surface area contributed by atoms with Crippen LogP contribution in [0.15, 0.2) is 54.6 Å². The van der Waals surface area contributed by atoms with E-state index in [1.807, 2.05) is 43.3 Å². The maximum Gasteiger partial charge on any atom is 0.330 e. The van der Waals surface area contributed by atoms with Gasteiger partial charge < -0.3 is 14.9 Å². The van der Waals surface area contributed by atoms with E-state index in [2.05, 4.69) is 0 Å². The number of amides is 3. The minimum absolute atomic E-state index is 0.267. The van der Waals surface area contributed by atoms with Crippen LogP contribution in [0, 0.1) is 17.8 Å². The molecular formula is C26H27N3O5. The summed E-state index contributed by atoms with van der Waals surface area (Å²) < 4.78 is 0. The number of carbonyl (C=O) groups excluding carboxylic acids is 3. The Morgan fingerprint density at radius 1 is 0.971 bits per heavy atom. The lowest BCUT2D eigenvalue weighted by molar-refractivity contribution is -0.161. The van der Waals surface area contributed by atoms with E-state index < -0.39 is 41.2 Å². The first kappa shape index (κ1) is 22.1. The summed E-state index contributed by atoms with van der Waals surface area (Å²) in [5, 5.41) is 10.4. The summed E-state index contributed by atoms with van der Waals surface area (Å²) in [5.41, 5.74) is 0.141. The summed E-state index contributed by atoms with van der Waals surface area (Å²) in [7, 11) is 3.81. The lowest BCUT2D eigenvalue weighted by Gasteiger charge is -2.38. The zero-order valence-electron chi connectivity index (χ0n) is 19.3. The average Bonchev–Trinajstić information content (AvgIpc) is 3.58. The van der Waals surface area contributed by atoms with E-state index in [4.69, 9.17) is 0 Å². The number of fused-ring (bicyclic) bond motifs is 1. The third-order valence-corrected chi connectivity index (χ3v) is 7.44. The van der Waals surface area contributed by atoms with Crippen LogP contribution in [-0.2, 0) is 19.2 Å². The van der Waals surface area contributed by atoms with Crippen molar-refractivity contribution in [3.05, 3.63) is 60.2 Å². The van der Waals surface area contributed by atoms with E-state index in [0.717, 1.165) is 10.6 Å². The van der Waals surface area contributed by atoms with Gasteiger partial charge in [-0.3, -0.25) is 14.4 Å². The number of likely N-dealkylation sites (tertiary alicyclic amines) is 1. The van der Waals surface area contributed by atoms with Crippen molar-refractivity contribution in [2.45, 2.75) is 31.3 Å². The van der Waals surface area contributed by atoms with Crippen LogP contribution >= 0.6 is 0 Å². The number of anilines is 2. The molecule has 1 saturated carbocycles. The van der Waals surface area contributed by atoms with Crippen LogP contribution in [0.5, 0.6) is 0 Å². The van der Waals surface area contributed by atoms with Crippen molar-refractivity contribution in [1.82, 2.24) is 4.90 Å². The van der Waals surface area contributed by atoms with Crippen LogP contribution in [0.25, 0.3) is 0 Å². The quantitative estimate of drug-likeness (QED) is 0.688. The van der Waals surface area contributed by atoms with Crippen molar-refractivity contribution in [3.8, 4) is 0 Å². The number of carbonyl (C=O) groups is 4. The highest BCUT2D eigenvalue weighted by Crippen LogP contribution is 2.57. The van der Waals surface area contributed by atoms with Crippen molar-refractivity contribution < 1.29 is 24.3 Å². The van der Waals surface area contributed by atoms with Gasteiger partial charge in [0.15, 0.2) is 5.54 Å². The minimum Gasteiger partial charge on any atom is -0.479 e. The highest BCUT2D eigenvalue weighted by Gasteiger charge is 2.72. The molecule has 0 spiro atoms. The topological polar surface area (TPSA) is 98.2 Å². The van der Waals surface area contributed by atoms with Crippen molar-refractivity contribution in [3.63, 3.8) is 0 Å². The van der Waals surface area contributed by atoms with Gasteiger partial charge in [-0.2, -0.15) is 0 Å². The SMILES string of the molecule is CN(C)c1ccc(C2C3C(=O)N(c4ccccc4)C(=O)C3C(C)(C(=O)O)N2C(=O)C2CC2)cc1. The normalized spacial score (nSPS) is 28.3. The highest BCUT2D eigenvalue weighted by molar-refractivity contribution is 6.24. The summed E-state index contributed by atoms with van der Waals surface area (Å²) in [6.45, 7) is 1.42. The molecule has 4 atom stereocenters. The Balaban J connectivity index is 1.68. The van der Waals surface area contributed by atoms with Crippen molar-refractivity contribution in [2.24, 2.45) is 17.8 Å². The van der Waals surface area contributed by atoms with Gasteiger partial charge in [-0.25, -0.2) is 9.69 Å². The van der Waals surface area contributed by atoms with Crippen LogP contribution in [0.3, 0.4) is 0 Å². The zero-order chi connectivity index (χ0) is 24.4. The van der Waals surface area contributed by atoms with Crippen LogP contribution in [-0.4, -0.2) is 53.3 Å². The van der Waals surface area contributed by atoms with Crippen LogP contribution in [0.2, 0.25) is 0 Å². The third-order valence-electron chi connectivity index (χ3n) is 7.44. The smallest absolute Gasteiger partial charge is 0.330 e. The number of carboxylic acids is 1. The Hall–Kier alpha value is -3.68. The molecule has 3 aliphatic rings. The molecule has 34 heavy (non-hydrogen) atoms. The number of hydrogen-bond acceptors (Lipinski definition) is 5. The monoisotopic (exact) mass is 461 g/mol. The summed E-state index contributed by atoms with van der Waals surface area (Å²) in [6, 6.07) is 15.1. The van der Waals surface area contributed by atoms with Gasteiger partial charge in [-0.1, -0.05) is 30.3 Å². The van der Waals surface area contributed by atoms with Gasteiger partial charge in [0, 0.05) is 25.7 Å². The number of imide groups is 1. The lowest BCUT2D eigenvalue weighted by Crippen LogP contribution is -2.57. The molecule has 2 saturated heterocycles. The summed E-state index contributed by atoms with van der Waals surface area (Å²) in [6.07, 6.45) is 1.37. The summed E-state index contributed by atoms with van der Waals surface area (Å²) >= 11 is 0. The molecule has 4 unspecified atom stereocenters. The second-order valence-electron chi connectivity index (χ2n) is 9.72. The fourth-order valence-electron chi connectivity index (χ4n) is 5.49. The Labute approximate surface area is 197 Å². The number of carboxylic acid groups (broad SMARTS) is 1. The van der Waals surface area contributed by atoms with Crippen molar-refractivity contribution in [2.75, 3.05) is 23.9 Å². The van der Waals surface area contributed by atoms with Crippen LogP contribution < -0.4 is 9.80 Å². The summed E-state index contributed by atoms with van der Waals surface area (Å²) in [4.78, 5) is 58.1. The Morgan fingerprint density at radius 2 is 1.59 bits per heavy atom. The molecule has 2 aromatic rings. The number of para-hydroxylation sites is 1. The highest BCUT2D eigenvalue weighted by atomic mass is 16.4. The Morgan fingerprint density at radius 3 is 2.12 bits per heavy atom. The van der Waals surface area contributed by atoms with Crippen molar-refractivity contribution in [1.29, 1.82) is 0 Å².